The van der Waals surface area contributed by atoms with Gasteiger partial charge in [0, 0.05) is 33.7 Å². The molecule has 0 saturated carbocycles. The fourth-order valence-electron chi connectivity index (χ4n) is 1.13. The molecule has 1 rings (SSSR count). The molecule has 98 valence electrons. The molecule has 1 aromatic rings. The number of amides is 2. The second kappa shape index (κ2) is 5.90. The zero-order valence-corrected chi connectivity index (χ0v) is 11.1. The average Bonchev–Trinajstić information content (AvgIpc) is 2.28. The summed E-state index contributed by atoms with van der Waals surface area (Å²) in [6.07, 6.45) is 0.302. The molecule has 1 aromatic carbocycles. The van der Waals surface area contributed by atoms with E-state index in [0.29, 0.717) is 12.1 Å². The molecule has 0 unspecified atom stereocenters. The van der Waals surface area contributed by atoms with Crippen molar-refractivity contribution in [3.63, 3.8) is 0 Å². The van der Waals surface area contributed by atoms with Crippen LogP contribution in [-0.2, 0) is 9.59 Å². The van der Waals surface area contributed by atoms with Crippen molar-refractivity contribution in [1.29, 1.82) is 0 Å². The van der Waals surface area contributed by atoms with Crippen molar-refractivity contribution in [3.8, 4) is 0 Å². The number of nitrogens with one attached hydrogen (secondary N) is 2. The van der Waals surface area contributed by atoms with Crippen LogP contribution < -0.4 is 10.6 Å². The normalized spacial score (nSPS) is 10.9. The summed E-state index contributed by atoms with van der Waals surface area (Å²) < 4.78 is 25.2. The lowest BCUT2D eigenvalue weighted by Gasteiger charge is -2.10. The van der Waals surface area contributed by atoms with Crippen LogP contribution in [0.1, 0.15) is 13.3 Å². The first-order valence-electron chi connectivity index (χ1n) is 5.11. The Morgan fingerprint density at radius 1 is 1.28 bits per heavy atom. The lowest BCUT2D eigenvalue weighted by atomic mass is 10.2. The van der Waals surface area contributed by atoms with Crippen LogP contribution in [0, 0.1) is 0 Å². The van der Waals surface area contributed by atoms with Gasteiger partial charge in [0.2, 0.25) is 5.91 Å². The zero-order chi connectivity index (χ0) is 13.8. The highest BCUT2D eigenvalue weighted by molar-refractivity contribution is 9.10. The van der Waals surface area contributed by atoms with Gasteiger partial charge < -0.3 is 10.6 Å². The number of carbonyl (C=O) groups is 2. The molecule has 0 saturated heterocycles. The first-order chi connectivity index (χ1) is 8.32. The van der Waals surface area contributed by atoms with Gasteiger partial charge in [-0.15, -0.1) is 0 Å². The number of hydrogen-bond donors (Lipinski definition) is 2. The van der Waals surface area contributed by atoms with Crippen LogP contribution in [0.4, 0.5) is 20.2 Å². The largest absolute Gasteiger partial charge is 0.378 e. The summed E-state index contributed by atoms with van der Waals surface area (Å²) >= 11 is 1.96. The molecular formula is C11H11BrF2N2O2. The molecule has 0 spiro atoms. The number of carbonyl (C=O) groups excluding carboxylic acids is 2. The van der Waals surface area contributed by atoms with Gasteiger partial charge in [0.05, 0.1) is 0 Å². The molecule has 2 amide bonds. The van der Waals surface area contributed by atoms with E-state index in [9.17, 15) is 18.4 Å². The van der Waals surface area contributed by atoms with E-state index >= 15 is 0 Å². The highest BCUT2D eigenvalue weighted by Crippen LogP contribution is 2.24. The molecule has 4 nitrogen and oxygen atoms in total. The highest BCUT2D eigenvalue weighted by Gasteiger charge is 2.34. The molecule has 0 radical (unpaired) electrons. The maximum Gasteiger partial charge on any atom is 0.378 e. The van der Waals surface area contributed by atoms with Gasteiger partial charge >= 0.3 is 10.7 Å². The molecule has 0 aliphatic carbocycles. The smallest absolute Gasteiger partial charge is 0.326 e. The number of anilines is 2. The van der Waals surface area contributed by atoms with Crippen molar-refractivity contribution < 1.29 is 18.4 Å². The fourth-order valence-corrected chi connectivity index (χ4v) is 1.23. The maximum absolute atomic E-state index is 12.6. The molecule has 0 atom stereocenters. The summed E-state index contributed by atoms with van der Waals surface area (Å²) in [5.41, 5.74) is 0.602. The van der Waals surface area contributed by atoms with Gasteiger partial charge in [0.25, 0.3) is 0 Å². The van der Waals surface area contributed by atoms with Crippen molar-refractivity contribution in [2.45, 2.75) is 18.2 Å². The topological polar surface area (TPSA) is 58.2 Å². The quantitative estimate of drug-likeness (QED) is 0.838. The van der Waals surface area contributed by atoms with Crippen LogP contribution in [0.15, 0.2) is 24.3 Å². The van der Waals surface area contributed by atoms with Gasteiger partial charge in [-0.3, -0.25) is 9.59 Å². The Bertz CT molecular complexity index is 461. The second-order valence-corrected chi connectivity index (χ2v) is 4.43. The minimum Gasteiger partial charge on any atom is -0.326 e. The maximum atomic E-state index is 12.6. The van der Waals surface area contributed by atoms with Crippen LogP contribution in [0.3, 0.4) is 0 Å². The molecule has 0 heterocycles. The number of alkyl halides is 3. The minimum atomic E-state index is -3.63. The van der Waals surface area contributed by atoms with E-state index in [2.05, 4.69) is 5.32 Å². The fraction of sp³-hybridized carbons (Fsp3) is 0.273. The van der Waals surface area contributed by atoms with E-state index < -0.39 is 10.7 Å². The molecular weight excluding hydrogens is 310 g/mol. The van der Waals surface area contributed by atoms with Crippen molar-refractivity contribution in [2.24, 2.45) is 0 Å². The molecule has 2 N–H and O–H groups in total. The first kappa shape index (κ1) is 14.6. The predicted molar refractivity (Wildman–Crippen MR) is 67.9 cm³/mol. The van der Waals surface area contributed by atoms with E-state index in [0.717, 1.165) is 0 Å². The van der Waals surface area contributed by atoms with E-state index in [1.807, 2.05) is 21.2 Å². The van der Waals surface area contributed by atoms with E-state index in [1.165, 1.54) is 18.2 Å². The van der Waals surface area contributed by atoms with Crippen LogP contribution in [-0.4, -0.2) is 16.6 Å². The Kier molecular flexibility index (Phi) is 4.77. The van der Waals surface area contributed by atoms with Gasteiger partial charge in [-0.25, -0.2) is 0 Å². The lowest BCUT2D eigenvalue weighted by molar-refractivity contribution is -0.128. The van der Waals surface area contributed by atoms with Crippen LogP contribution in [0.2, 0.25) is 0 Å². The van der Waals surface area contributed by atoms with Gasteiger partial charge in [0.15, 0.2) is 0 Å². The summed E-state index contributed by atoms with van der Waals surface area (Å²) in [6, 6.07) is 5.96. The molecule has 0 aromatic heterocycles. The Hall–Kier alpha value is -1.50. The van der Waals surface area contributed by atoms with Crippen LogP contribution in [0.5, 0.6) is 0 Å². The summed E-state index contributed by atoms with van der Waals surface area (Å²) in [6.45, 7) is 1.69. The third-order valence-corrected chi connectivity index (χ3v) is 2.34. The van der Waals surface area contributed by atoms with Crippen molar-refractivity contribution >= 4 is 39.1 Å². The predicted octanol–water partition coefficient (Wildman–Crippen LogP) is 2.96. The molecule has 0 bridgehead atoms. The number of rotatable bonds is 4. The van der Waals surface area contributed by atoms with E-state index in [4.69, 9.17) is 0 Å². The second-order valence-electron chi connectivity index (χ2n) is 3.43. The lowest BCUT2D eigenvalue weighted by Crippen LogP contribution is -2.28. The SMILES string of the molecule is CCC(=O)Nc1cccc(NC(=O)C(F)(F)Br)c1. The third kappa shape index (κ3) is 4.40. The Labute approximate surface area is 111 Å². The molecule has 7 heteroatoms. The van der Waals surface area contributed by atoms with Crippen LogP contribution >= 0.6 is 15.9 Å². The minimum absolute atomic E-state index is 0.174. The Morgan fingerprint density at radius 3 is 2.33 bits per heavy atom. The van der Waals surface area contributed by atoms with Crippen molar-refractivity contribution in [2.75, 3.05) is 10.6 Å². The highest BCUT2D eigenvalue weighted by atomic mass is 79.9. The Balaban J connectivity index is 2.77. The van der Waals surface area contributed by atoms with E-state index in [1.54, 1.807) is 13.0 Å². The van der Waals surface area contributed by atoms with Gasteiger partial charge in [-0.05, 0) is 18.2 Å². The summed E-state index contributed by atoms with van der Waals surface area (Å²) in [5, 5.41) is 4.58. The van der Waals surface area contributed by atoms with Crippen molar-refractivity contribution in [3.05, 3.63) is 24.3 Å². The standard InChI is InChI=1S/C11H11BrF2N2O2/c1-2-9(17)15-7-4-3-5-8(6-7)16-10(18)11(12,13)14/h3-6H,2H2,1H3,(H,15,17)(H,16,18). The number of hydrogen-bond acceptors (Lipinski definition) is 2. The summed E-state index contributed by atoms with van der Waals surface area (Å²) in [4.78, 5) is 18.5. The first-order valence-corrected chi connectivity index (χ1v) is 5.90. The Morgan fingerprint density at radius 2 is 1.83 bits per heavy atom. The van der Waals surface area contributed by atoms with Gasteiger partial charge in [0.1, 0.15) is 0 Å². The molecule has 0 aliphatic rings. The van der Waals surface area contributed by atoms with E-state index in [-0.39, 0.29) is 11.6 Å². The van der Waals surface area contributed by atoms with Gasteiger partial charge in [-0.2, -0.15) is 8.78 Å². The number of benzene rings is 1. The number of halogens is 3. The van der Waals surface area contributed by atoms with Gasteiger partial charge in [-0.1, -0.05) is 13.0 Å². The zero-order valence-electron chi connectivity index (χ0n) is 9.47. The molecule has 18 heavy (non-hydrogen) atoms. The molecule has 0 aliphatic heterocycles. The third-order valence-electron chi connectivity index (χ3n) is 1.98. The van der Waals surface area contributed by atoms with Crippen LogP contribution in [0.25, 0.3) is 0 Å². The average molecular weight is 321 g/mol. The summed E-state index contributed by atoms with van der Waals surface area (Å²) in [7, 11) is 0. The molecule has 0 fully saturated rings. The van der Waals surface area contributed by atoms with Crippen molar-refractivity contribution in [1.82, 2.24) is 0 Å². The monoisotopic (exact) mass is 320 g/mol. The summed E-state index contributed by atoms with van der Waals surface area (Å²) in [5.74, 6) is -1.68.